The molecule has 1 aromatic rings. The van der Waals surface area contributed by atoms with E-state index < -0.39 is 11.9 Å². The molecule has 0 bridgehead atoms. The van der Waals surface area contributed by atoms with Crippen LogP contribution in [0.3, 0.4) is 0 Å². The SMILES string of the molecule is CCc1sc(NC(N)=O)c(C(N)=O)c1CCN(C)CC. The van der Waals surface area contributed by atoms with Crippen molar-refractivity contribution in [3.63, 3.8) is 0 Å². The third kappa shape index (κ3) is 3.94. The Morgan fingerprint density at radius 2 is 1.95 bits per heavy atom. The second-order valence-corrected chi connectivity index (χ2v) is 5.67. The van der Waals surface area contributed by atoms with Gasteiger partial charge in [-0.3, -0.25) is 10.1 Å². The number of hydrogen-bond acceptors (Lipinski definition) is 4. The first-order valence-corrected chi connectivity index (χ1v) is 7.41. The number of rotatable bonds is 7. The van der Waals surface area contributed by atoms with Gasteiger partial charge in [0.15, 0.2) is 0 Å². The van der Waals surface area contributed by atoms with Crippen LogP contribution in [0.5, 0.6) is 0 Å². The molecule has 0 saturated heterocycles. The number of anilines is 1. The fourth-order valence-corrected chi connectivity index (χ4v) is 3.18. The maximum Gasteiger partial charge on any atom is 0.317 e. The van der Waals surface area contributed by atoms with E-state index in [0.717, 1.165) is 36.4 Å². The molecule has 3 amide bonds. The highest BCUT2D eigenvalue weighted by molar-refractivity contribution is 7.17. The van der Waals surface area contributed by atoms with Crippen molar-refractivity contribution in [2.75, 3.05) is 25.5 Å². The van der Waals surface area contributed by atoms with Crippen molar-refractivity contribution < 1.29 is 9.59 Å². The van der Waals surface area contributed by atoms with Crippen LogP contribution in [-0.2, 0) is 12.8 Å². The Hall–Kier alpha value is -1.60. The van der Waals surface area contributed by atoms with Crippen molar-refractivity contribution in [3.05, 3.63) is 16.0 Å². The first-order chi connectivity index (χ1) is 9.40. The van der Waals surface area contributed by atoms with Gasteiger partial charge in [0.1, 0.15) is 5.00 Å². The number of primary amides is 2. The van der Waals surface area contributed by atoms with E-state index in [1.54, 1.807) is 0 Å². The summed E-state index contributed by atoms with van der Waals surface area (Å²) in [6, 6.07) is -0.686. The lowest BCUT2D eigenvalue weighted by Gasteiger charge is -2.14. The molecule has 0 aliphatic rings. The van der Waals surface area contributed by atoms with Gasteiger partial charge in [-0.15, -0.1) is 11.3 Å². The van der Waals surface area contributed by atoms with Gasteiger partial charge in [0.2, 0.25) is 0 Å². The molecule has 1 rings (SSSR count). The van der Waals surface area contributed by atoms with Crippen molar-refractivity contribution in [2.45, 2.75) is 26.7 Å². The van der Waals surface area contributed by atoms with Crippen LogP contribution in [0.15, 0.2) is 0 Å². The Morgan fingerprint density at radius 3 is 2.40 bits per heavy atom. The number of nitrogens with two attached hydrogens (primary N) is 2. The van der Waals surface area contributed by atoms with E-state index in [9.17, 15) is 9.59 Å². The van der Waals surface area contributed by atoms with E-state index in [2.05, 4.69) is 17.1 Å². The molecule has 0 radical (unpaired) electrons. The van der Waals surface area contributed by atoms with Gasteiger partial charge in [0.05, 0.1) is 5.56 Å². The smallest absolute Gasteiger partial charge is 0.317 e. The average molecular weight is 298 g/mol. The van der Waals surface area contributed by atoms with Crippen LogP contribution in [0, 0.1) is 0 Å². The summed E-state index contributed by atoms with van der Waals surface area (Å²) in [5.74, 6) is -0.529. The highest BCUT2D eigenvalue weighted by atomic mass is 32.1. The lowest BCUT2D eigenvalue weighted by atomic mass is 10.0. The molecule has 5 N–H and O–H groups in total. The topological polar surface area (TPSA) is 101 Å². The summed E-state index contributed by atoms with van der Waals surface area (Å²) in [6.45, 7) is 5.85. The first kappa shape index (κ1) is 16.5. The molecular weight excluding hydrogens is 276 g/mol. The number of aryl methyl sites for hydroxylation is 1. The number of urea groups is 1. The number of hydrogen-bond donors (Lipinski definition) is 3. The fraction of sp³-hybridized carbons (Fsp3) is 0.538. The predicted octanol–water partition coefficient (Wildman–Crippen LogP) is 1.39. The summed E-state index contributed by atoms with van der Waals surface area (Å²) >= 11 is 1.37. The summed E-state index contributed by atoms with van der Waals surface area (Å²) in [4.78, 5) is 25.9. The second-order valence-electron chi connectivity index (χ2n) is 4.56. The first-order valence-electron chi connectivity index (χ1n) is 6.59. The van der Waals surface area contributed by atoms with E-state index in [-0.39, 0.29) is 0 Å². The molecular formula is C13H22N4O2S. The zero-order chi connectivity index (χ0) is 15.3. The molecule has 0 fully saturated rings. The second kappa shape index (κ2) is 7.25. The van der Waals surface area contributed by atoms with Crippen LogP contribution in [-0.4, -0.2) is 37.0 Å². The molecule has 0 unspecified atom stereocenters. The molecule has 1 aromatic heterocycles. The highest BCUT2D eigenvalue weighted by Crippen LogP contribution is 2.34. The van der Waals surface area contributed by atoms with Crippen LogP contribution in [0.1, 0.15) is 34.6 Å². The summed E-state index contributed by atoms with van der Waals surface area (Å²) in [7, 11) is 2.02. The van der Waals surface area contributed by atoms with Gasteiger partial charge in [0.25, 0.3) is 5.91 Å². The van der Waals surface area contributed by atoms with Gasteiger partial charge in [0, 0.05) is 11.4 Å². The number of nitrogens with one attached hydrogen (secondary N) is 1. The lowest BCUT2D eigenvalue weighted by molar-refractivity contribution is 0.100. The maximum atomic E-state index is 11.7. The summed E-state index contributed by atoms with van der Waals surface area (Å²) < 4.78 is 0. The zero-order valence-corrected chi connectivity index (χ0v) is 13.0. The molecule has 0 aliphatic carbocycles. The number of carbonyl (C=O) groups excluding carboxylic acids is 2. The molecule has 20 heavy (non-hydrogen) atoms. The Kier molecular flexibility index (Phi) is 5.97. The molecule has 112 valence electrons. The number of amides is 3. The maximum absolute atomic E-state index is 11.7. The molecule has 0 atom stereocenters. The highest BCUT2D eigenvalue weighted by Gasteiger charge is 2.22. The van der Waals surface area contributed by atoms with Gasteiger partial charge in [-0.1, -0.05) is 13.8 Å². The minimum atomic E-state index is -0.686. The summed E-state index contributed by atoms with van der Waals surface area (Å²) in [6.07, 6.45) is 1.51. The van der Waals surface area contributed by atoms with Gasteiger partial charge in [-0.05, 0) is 32.0 Å². The third-order valence-corrected chi connectivity index (χ3v) is 4.47. The van der Waals surface area contributed by atoms with E-state index in [1.807, 2.05) is 14.0 Å². The number of carbonyl (C=O) groups is 2. The number of thiophene rings is 1. The standard InChI is InChI=1S/C13H22N4O2S/c1-4-9-8(6-7-17(3)5-2)10(11(14)18)12(20-9)16-13(15)19/h4-7H2,1-3H3,(H2,14,18)(H3,15,16,19). The average Bonchev–Trinajstić information content (AvgIpc) is 2.72. The molecule has 0 aromatic carbocycles. The van der Waals surface area contributed by atoms with Crippen LogP contribution in [0.4, 0.5) is 9.80 Å². The van der Waals surface area contributed by atoms with E-state index >= 15 is 0 Å². The summed E-state index contributed by atoms with van der Waals surface area (Å²) in [5, 5.41) is 2.95. The Morgan fingerprint density at radius 1 is 1.30 bits per heavy atom. The summed E-state index contributed by atoms with van der Waals surface area (Å²) in [5.41, 5.74) is 11.9. The molecule has 1 heterocycles. The van der Waals surface area contributed by atoms with Gasteiger partial charge < -0.3 is 16.4 Å². The minimum absolute atomic E-state index is 0.398. The van der Waals surface area contributed by atoms with Crippen molar-refractivity contribution in [1.82, 2.24) is 4.90 Å². The van der Waals surface area contributed by atoms with Crippen molar-refractivity contribution >= 4 is 28.3 Å². The molecule has 0 aliphatic heterocycles. The van der Waals surface area contributed by atoms with Crippen LogP contribution in [0.2, 0.25) is 0 Å². The predicted molar refractivity (Wildman–Crippen MR) is 82.3 cm³/mol. The fourth-order valence-electron chi connectivity index (χ4n) is 1.98. The molecule has 0 spiro atoms. The minimum Gasteiger partial charge on any atom is -0.365 e. The van der Waals surface area contributed by atoms with Gasteiger partial charge >= 0.3 is 6.03 Å². The quantitative estimate of drug-likeness (QED) is 0.709. The lowest BCUT2D eigenvalue weighted by Crippen LogP contribution is -2.24. The third-order valence-electron chi connectivity index (χ3n) is 3.18. The van der Waals surface area contributed by atoms with E-state index in [4.69, 9.17) is 11.5 Å². The molecule has 7 heteroatoms. The molecule has 6 nitrogen and oxygen atoms in total. The normalized spacial score (nSPS) is 10.8. The van der Waals surface area contributed by atoms with Crippen LogP contribution in [0.25, 0.3) is 0 Å². The van der Waals surface area contributed by atoms with Gasteiger partial charge in [-0.2, -0.15) is 0 Å². The van der Waals surface area contributed by atoms with E-state index in [0.29, 0.717) is 10.6 Å². The monoisotopic (exact) mass is 298 g/mol. The Bertz CT molecular complexity index is 499. The largest absolute Gasteiger partial charge is 0.365 e. The van der Waals surface area contributed by atoms with Crippen LogP contribution >= 0.6 is 11.3 Å². The van der Waals surface area contributed by atoms with Crippen molar-refractivity contribution in [3.8, 4) is 0 Å². The number of nitrogens with zero attached hydrogens (tertiary/aromatic N) is 1. The molecule has 0 saturated carbocycles. The van der Waals surface area contributed by atoms with Crippen LogP contribution < -0.4 is 16.8 Å². The Balaban J connectivity index is 3.14. The number of likely N-dealkylation sites (N-methyl/N-ethyl adjacent to an activating group) is 1. The van der Waals surface area contributed by atoms with Crippen molar-refractivity contribution in [2.24, 2.45) is 11.5 Å². The van der Waals surface area contributed by atoms with E-state index in [1.165, 1.54) is 11.3 Å². The van der Waals surface area contributed by atoms with Gasteiger partial charge in [-0.25, -0.2) is 4.79 Å². The van der Waals surface area contributed by atoms with Crippen molar-refractivity contribution in [1.29, 1.82) is 0 Å². The Labute approximate surface area is 123 Å². The zero-order valence-electron chi connectivity index (χ0n) is 12.2.